The Morgan fingerprint density at radius 2 is 2.12 bits per heavy atom. The summed E-state index contributed by atoms with van der Waals surface area (Å²) in [5.74, 6) is -0.0745. The number of nitrogens with one attached hydrogen (secondary N) is 3. The summed E-state index contributed by atoms with van der Waals surface area (Å²) >= 11 is 0. The van der Waals surface area contributed by atoms with Gasteiger partial charge in [-0.1, -0.05) is 25.5 Å². The highest BCUT2D eigenvalue weighted by atomic mass is 16.3. The van der Waals surface area contributed by atoms with Gasteiger partial charge in [-0.2, -0.15) is 0 Å². The molecule has 0 saturated carbocycles. The molecule has 0 unspecified atom stereocenters. The predicted octanol–water partition coefficient (Wildman–Crippen LogP) is 1.55. The number of unbranched alkanes of at least 4 members (excludes halogenated alkanes) is 1. The number of aromatic hydroxyl groups is 1. The number of phenolic OH excluding ortho intramolecular Hbond substituents is 1. The van der Waals surface area contributed by atoms with E-state index in [0.29, 0.717) is 12.1 Å². The molecule has 3 aromatic rings. The number of aromatic amines is 2. The van der Waals surface area contributed by atoms with Crippen molar-refractivity contribution in [2.75, 3.05) is 6.54 Å². The normalized spacial score (nSPS) is 10.9. The summed E-state index contributed by atoms with van der Waals surface area (Å²) in [6, 6.07) is 6.38. The Kier molecular flexibility index (Phi) is 4.28. The molecule has 0 bridgehead atoms. The Bertz CT molecular complexity index is 944. The van der Waals surface area contributed by atoms with E-state index in [9.17, 15) is 14.7 Å². The van der Waals surface area contributed by atoms with Gasteiger partial charge in [0, 0.05) is 12.1 Å². The van der Waals surface area contributed by atoms with Crippen molar-refractivity contribution in [3.63, 3.8) is 0 Å². The first kappa shape index (κ1) is 15.7. The van der Waals surface area contributed by atoms with E-state index in [1.807, 2.05) is 6.92 Å². The molecule has 8 nitrogen and oxygen atoms in total. The molecular formula is C16H17N5O3. The van der Waals surface area contributed by atoms with Gasteiger partial charge in [0.25, 0.3) is 5.91 Å². The lowest BCUT2D eigenvalue weighted by Crippen LogP contribution is -2.26. The van der Waals surface area contributed by atoms with E-state index in [-0.39, 0.29) is 34.3 Å². The number of rotatable bonds is 5. The number of aromatic nitrogens is 4. The number of phenols is 1. The maximum Gasteiger partial charge on any atom is 0.325 e. The first-order valence-electron chi connectivity index (χ1n) is 7.66. The zero-order chi connectivity index (χ0) is 17.1. The minimum absolute atomic E-state index is 0.0627. The van der Waals surface area contributed by atoms with Gasteiger partial charge in [0.05, 0.1) is 0 Å². The number of carbonyl (C=O) groups is 1. The van der Waals surface area contributed by atoms with Crippen LogP contribution in [0.15, 0.2) is 29.1 Å². The Hall–Kier alpha value is -3.16. The summed E-state index contributed by atoms with van der Waals surface area (Å²) in [7, 11) is 0. The van der Waals surface area contributed by atoms with Crippen LogP contribution in [-0.4, -0.2) is 37.5 Å². The minimum atomic E-state index is -0.463. The third-order valence-corrected chi connectivity index (χ3v) is 3.51. The average molecular weight is 327 g/mol. The second kappa shape index (κ2) is 6.53. The third kappa shape index (κ3) is 3.12. The highest BCUT2D eigenvalue weighted by Gasteiger charge is 2.18. The number of nitrogens with zero attached hydrogens (tertiary/aromatic N) is 2. The van der Waals surface area contributed by atoms with E-state index >= 15 is 0 Å². The lowest BCUT2D eigenvalue weighted by atomic mass is 10.2. The number of amides is 1. The van der Waals surface area contributed by atoms with Gasteiger partial charge in [-0.3, -0.25) is 9.78 Å². The highest BCUT2D eigenvalue weighted by molar-refractivity contribution is 6.02. The quantitative estimate of drug-likeness (QED) is 0.529. The van der Waals surface area contributed by atoms with Crippen LogP contribution in [0.1, 0.15) is 30.3 Å². The van der Waals surface area contributed by atoms with Crippen molar-refractivity contribution in [3.8, 4) is 17.1 Å². The van der Waals surface area contributed by atoms with Gasteiger partial charge in [0.1, 0.15) is 11.3 Å². The molecule has 0 fully saturated rings. The summed E-state index contributed by atoms with van der Waals surface area (Å²) in [6.07, 6.45) is 1.80. The molecule has 0 radical (unpaired) electrons. The van der Waals surface area contributed by atoms with E-state index in [4.69, 9.17) is 0 Å². The molecule has 1 amide bonds. The molecular weight excluding hydrogens is 310 g/mol. The van der Waals surface area contributed by atoms with Gasteiger partial charge in [0.15, 0.2) is 17.2 Å². The summed E-state index contributed by atoms with van der Waals surface area (Å²) in [6.45, 7) is 2.55. The van der Waals surface area contributed by atoms with Gasteiger partial charge in [-0.15, -0.1) is 0 Å². The summed E-state index contributed by atoms with van der Waals surface area (Å²) < 4.78 is 0. The van der Waals surface area contributed by atoms with E-state index < -0.39 is 5.69 Å². The largest absolute Gasteiger partial charge is 0.508 e. The van der Waals surface area contributed by atoms with Crippen molar-refractivity contribution in [3.05, 3.63) is 40.4 Å². The molecule has 0 spiro atoms. The smallest absolute Gasteiger partial charge is 0.325 e. The monoisotopic (exact) mass is 327 g/mol. The first-order chi connectivity index (χ1) is 11.6. The molecule has 0 aliphatic heterocycles. The third-order valence-electron chi connectivity index (χ3n) is 3.51. The second-order valence-corrected chi connectivity index (χ2v) is 5.36. The molecule has 0 atom stereocenters. The van der Waals surface area contributed by atoms with E-state index in [0.717, 1.165) is 12.8 Å². The first-order valence-corrected chi connectivity index (χ1v) is 7.66. The molecule has 3 rings (SSSR count). The van der Waals surface area contributed by atoms with Crippen LogP contribution < -0.4 is 11.0 Å². The SMILES string of the molecule is CCCCNC(=O)c1nc(-c2cccc(O)c2)nc2[nH]c(=O)[nH]c12. The van der Waals surface area contributed by atoms with Crippen molar-refractivity contribution in [1.82, 2.24) is 25.3 Å². The van der Waals surface area contributed by atoms with Crippen molar-refractivity contribution < 1.29 is 9.90 Å². The molecule has 0 saturated heterocycles. The van der Waals surface area contributed by atoms with Crippen LogP contribution >= 0.6 is 0 Å². The number of fused-ring (bicyclic) bond motifs is 1. The molecule has 2 heterocycles. The number of hydrogen-bond donors (Lipinski definition) is 4. The average Bonchev–Trinajstić information content (AvgIpc) is 2.94. The fourth-order valence-electron chi connectivity index (χ4n) is 2.32. The van der Waals surface area contributed by atoms with Gasteiger partial charge >= 0.3 is 5.69 Å². The summed E-state index contributed by atoms with van der Waals surface area (Å²) in [5.41, 5.74) is 0.677. The molecule has 24 heavy (non-hydrogen) atoms. The number of carbonyl (C=O) groups excluding carboxylic acids is 1. The maximum absolute atomic E-state index is 12.4. The maximum atomic E-state index is 12.4. The van der Waals surface area contributed by atoms with Crippen LogP contribution in [0.3, 0.4) is 0 Å². The molecule has 0 aliphatic carbocycles. The summed E-state index contributed by atoms with van der Waals surface area (Å²) in [4.78, 5) is 37.6. The lowest BCUT2D eigenvalue weighted by Gasteiger charge is -2.07. The number of benzene rings is 1. The Labute approximate surface area is 137 Å². The Morgan fingerprint density at radius 1 is 1.29 bits per heavy atom. The van der Waals surface area contributed by atoms with Crippen LogP contribution in [0.25, 0.3) is 22.6 Å². The Balaban J connectivity index is 2.09. The highest BCUT2D eigenvalue weighted by Crippen LogP contribution is 2.22. The van der Waals surface area contributed by atoms with Crippen LogP contribution in [0.4, 0.5) is 0 Å². The van der Waals surface area contributed by atoms with Crippen LogP contribution in [0, 0.1) is 0 Å². The fraction of sp³-hybridized carbons (Fsp3) is 0.250. The van der Waals surface area contributed by atoms with Crippen molar-refractivity contribution in [2.45, 2.75) is 19.8 Å². The van der Waals surface area contributed by atoms with Crippen molar-refractivity contribution >= 4 is 17.1 Å². The second-order valence-electron chi connectivity index (χ2n) is 5.36. The van der Waals surface area contributed by atoms with E-state index in [2.05, 4.69) is 25.3 Å². The molecule has 4 N–H and O–H groups in total. The Morgan fingerprint density at radius 3 is 2.88 bits per heavy atom. The zero-order valence-corrected chi connectivity index (χ0v) is 13.1. The number of imidazole rings is 1. The minimum Gasteiger partial charge on any atom is -0.508 e. The molecule has 124 valence electrons. The molecule has 2 aromatic heterocycles. The standard InChI is InChI=1S/C16H17N5O3/c1-2-3-7-17-15(23)12-11-14(21-16(24)19-11)20-13(18-12)9-5-4-6-10(22)8-9/h4-6,8,22H,2-3,7H2,1H3,(H,17,23)(H2,18,19,20,21,24). The zero-order valence-electron chi connectivity index (χ0n) is 13.1. The molecule has 0 aliphatic rings. The molecule has 1 aromatic carbocycles. The van der Waals surface area contributed by atoms with Gasteiger partial charge in [-0.25, -0.2) is 14.8 Å². The van der Waals surface area contributed by atoms with Crippen molar-refractivity contribution in [1.29, 1.82) is 0 Å². The van der Waals surface area contributed by atoms with Crippen LogP contribution in [-0.2, 0) is 0 Å². The number of H-pyrrole nitrogens is 2. The van der Waals surface area contributed by atoms with Gasteiger partial charge in [0.2, 0.25) is 0 Å². The van der Waals surface area contributed by atoms with Gasteiger partial charge in [-0.05, 0) is 18.6 Å². The summed E-state index contributed by atoms with van der Waals surface area (Å²) in [5, 5.41) is 12.4. The fourth-order valence-corrected chi connectivity index (χ4v) is 2.32. The van der Waals surface area contributed by atoms with E-state index in [1.165, 1.54) is 12.1 Å². The van der Waals surface area contributed by atoms with Crippen LogP contribution in [0.5, 0.6) is 5.75 Å². The van der Waals surface area contributed by atoms with Crippen LogP contribution in [0.2, 0.25) is 0 Å². The number of hydrogen-bond acceptors (Lipinski definition) is 5. The lowest BCUT2D eigenvalue weighted by molar-refractivity contribution is 0.0950. The van der Waals surface area contributed by atoms with Gasteiger partial charge < -0.3 is 15.4 Å². The topological polar surface area (TPSA) is 124 Å². The predicted molar refractivity (Wildman–Crippen MR) is 88.9 cm³/mol. The van der Waals surface area contributed by atoms with E-state index in [1.54, 1.807) is 12.1 Å². The molecule has 8 heteroatoms. The van der Waals surface area contributed by atoms with Crippen molar-refractivity contribution in [2.24, 2.45) is 0 Å².